The number of rotatable bonds is 2. The quantitative estimate of drug-likeness (QED) is 0.699. The molecule has 2 nitrogen and oxygen atoms in total. The molecule has 0 bridgehead atoms. The third-order valence-electron chi connectivity index (χ3n) is 2.41. The molecule has 1 aliphatic carbocycles. The Morgan fingerprint density at radius 3 is 1.91 bits per heavy atom. The van der Waals surface area contributed by atoms with Gasteiger partial charge in [-0.1, -0.05) is 13.8 Å². The predicted octanol–water partition coefficient (Wildman–Crippen LogP) is 1.57. The lowest BCUT2D eigenvalue weighted by Gasteiger charge is -2.51. The molecule has 2 N–H and O–H groups in total. The maximum Gasteiger partial charge on any atom is 0.0810 e. The molecule has 0 amide bonds. The third kappa shape index (κ3) is 2.08. The molecule has 1 saturated carbocycles. The molecule has 0 aromatic heterocycles. The standard InChI is InChI=1S/C8H17NO.ClH/c1-7(2)4-8(5-7,6-9)10-3;/h4-6,9H2,1-3H3;1H. The van der Waals surface area contributed by atoms with Gasteiger partial charge in [-0.05, 0) is 18.3 Å². The Morgan fingerprint density at radius 2 is 1.82 bits per heavy atom. The molecule has 1 fully saturated rings. The summed E-state index contributed by atoms with van der Waals surface area (Å²) in [5, 5.41) is 0. The van der Waals surface area contributed by atoms with Crippen LogP contribution in [-0.4, -0.2) is 19.3 Å². The van der Waals surface area contributed by atoms with Gasteiger partial charge < -0.3 is 10.5 Å². The molecule has 0 spiro atoms. The number of ether oxygens (including phenoxy) is 1. The Bertz CT molecular complexity index is 122. The first kappa shape index (κ1) is 11.2. The summed E-state index contributed by atoms with van der Waals surface area (Å²) in [5.74, 6) is 0. The Morgan fingerprint density at radius 1 is 1.36 bits per heavy atom. The van der Waals surface area contributed by atoms with E-state index in [9.17, 15) is 0 Å². The molecular weight excluding hydrogens is 162 g/mol. The maximum absolute atomic E-state index is 5.58. The molecule has 0 aliphatic heterocycles. The van der Waals surface area contributed by atoms with Gasteiger partial charge in [0, 0.05) is 13.7 Å². The smallest absolute Gasteiger partial charge is 0.0810 e. The Balaban J connectivity index is 0.000001000. The van der Waals surface area contributed by atoms with Gasteiger partial charge in [0.25, 0.3) is 0 Å². The zero-order valence-electron chi connectivity index (χ0n) is 7.52. The second-order valence-corrected chi connectivity index (χ2v) is 4.11. The van der Waals surface area contributed by atoms with E-state index >= 15 is 0 Å². The Labute approximate surface area is 74.9 Å². The van der Waals surface area contributed by atoms with Crippen LogP contribution in [0.25, 0.3) is 0 Å². The molecule has 68 valence electrons. The van der Waals surface area contributed by atoms with E-state index in [0.29, 0.717) is 12.0 Å². The van der Waals surface area contributed by atoms with E-state index in [1.54, 1.807) is 7.11 Å². The fraction of sp³-hybridized carbons (Fsp3) is 1.00. The lowest BCUT2D eigenvalue weighted by Crippen LogP contribution is -2.55. The Hall–Kier alpha value is 0.210. The highest BCUT2D eigenvalue weighted by molar-refractivity contribution is 5.85. The topological polar surface area (TPSA) is 35.2 Å². The van der Waals surface area contributed by atoms with Crippen LogP contribution in [-0.2, 0) is 4.74 Å². The molecule has 0 aromatic carbocycles. The molecule has 3 heteroatoms. The van der Waals surface area contributed by atoms with Crippen molar-refractivity contribution in [1.82, 2.24) is 0 Å². The average molecular weight is 180 g/mol. The maximum atomic E-state index is 5.58. The molecular formula is C8H18ClNO. The van der Waals surface area contributed by atoms with Gasteiger partial charge in [0.15, 0.2) is 0 Å². The van der Waals surface area contributed by atoms with Crippen molar-refractivity contribution < 1.29 is 4.74 Å². The van der Waals surface area contributed by atoms with Crippen LogP contribution in [0, 0.1) is 5.41 Å². The van der Waals surface area contributed by atoms with Crippen molar-refractivity contribution in [3.63, 3.8) is 0 Å². The average Bonchev–Trinajstić information content (AvgIpc) is 1.82. The van der Waals surface area contributed by atoms with E-state index in [1.807, 2.05) is 0 Å². The summed E-state index contributed by atoms with van der Waals surface area (Å²) < 4.78 is 5.33. The first-order chi connectivity index (χ1) is 4.54. The van der Waals surface area contributed by atoms with Gasteiger partial charge in [0.2, 0.25) is 0 Å². The molecule has 0 atom stereocenters. The summed E-state index contributed by atoms with van der Waals surface area (Å²) in [6, 6.07) is 0. The first-order valence-corrected chi connectivity index (χ1v) is 3.79. The molecule has 0 unspecified atom stereocenters. The lowest BCUT2D eigenvalue weighted by atomic mass is 9.61. The van der Waals surface area contributed by atoms with Crippen molar-refractivity contribution >= 4 is 12.4 Å². The van der Waals surface area contributed by atoms with Gasteiger partial charge in [0.05, 0.1) is 5.60 Å². The van der Waals surface area contributed by atoms with Crippen LogP contribution in [0.4, 0.5) is 0 Å². The lowest BCUT2D eigenvalue weighted by molar-refractivity contribution is -0.131. The summed E-state index contributed by atoms with van der Waals surface area (Å²) in [4.78, 5) is 0. The van der Waals surface area contributed by atoms with Crippen LogP contribution in [0.1, 0.15) is 26.7 Å². The summed E-state index contributed by atoms with van der Waals surface area (Å²) in [7, 11) is 1.75. The van der Waals surface area contributed by atoms with Crippen molar-refractivity contribution in [2.24, 2.45) is 11.1 Å². The summed E-state index contributed by atoms with van der Waals surface area (Å²) in [5.41, 5.74) is 6.05. The van der Waals surface area contributed by atoms with Gasteiger partial charge >= 0.3 is 0 Å². The fourth-order valence-electron chi connectivity index (χ4n) is 2.06. The largest absolute Gasteiger partial charge is 0.377 e. The van der Waals surface area contributed by atoms with E-state index in [2.05, 4.69) is 13.8 Å². The SMILES string of the molecule is COC1(CN)CC(C)(C)C1.Cl. The van der Waals surface area contributed by atoms with Crippen molar-refractivity contribution in [3.05, 3.63) is 0 Å². The van der Waals surface area contributed by atoms with E-state index in [4.69, 9.17) is 10.5 Å². The zero-order valence-corrected chi connectivity index (χ0v) is 8.33. The van der Waals surface area contributed by atoms with Crippen LogP contribution >= 0.6 is 12.4 Å². The van der Waals surface area contributed by atoms with Gasteiger partial charge in [-0.25, -0.2) is 0 Å². The van der Waals surface area contributed by atoms with Crippen LogP contribution < -0.4 is 5.73 Å². The van der Waals surface area contributed by atoms with Crippen molar-refractivity contribution in [3.8, 4) is 0 Å². The molecule has 0 aromatic rings. The van der Waals surface area contributed by atoms with E-state index in [1.165, 1.54) is 0 Å². The number of hydrogen-bond donors (Lipinski definition) is 1. The summed E-state index contributed by atoms with van der Waals surface area (Å²) in [6.45, 7) is 5.16. The Kier molecular flexibility index (Phi) is 3.36. The minimum absolute atomic E-state index is 0. The molecule has 0 heterocycles. The van der Waals surface area contributed by atoms with Gasteiger partial charge in [-0.15, -0.1) is 12.4 Å². The molecule has 11 heavy (non-hydrogen) atoms. The van der Waals surface area contributed by atoms with Gasteiger partial charge in [0.1, 0.15) is 0 Å². The predicted molar refractivity (Wildman–Crippen MR) is 49.1 cm³/mol. The minimum Gasteiger partial charge on any atom is -0.377 e. The minimum atomic E-state index is 0. The molecule has 0 saturated heterocycles. The van der Waals surface area contributed by atoms with Gasteiger partial charge in [-0.2, -0.15) is 0 Å². The first-order valence-electron chi connectivity index (χ1n) is 3.79. The van der Waals surface area contributed by atoms with E-state index in [0.717, 1.165) is 12.8 Å². The monoisotopic (exact) mass is 179 g/mol. The van der Waals surface area contributed by atoms with E-state index < -0.39 is 0 Å². The second kappa shape index (κ2) is 3.30. The van der Waals surface area contributed by atoms with Crippen molar-refractivity contribution in [2.45, 2.75) is 32.3 Å². The van der Waals surface area contributed by atoms with Crippen LogP contribution in [0.15, 0.2) is 0 Å². The normalized spacial score (nSPS) is 25.1. The zero-order chi connectivity index (χ0) is 7.83. The van der Waals surface area contributed by atoms with Crippen molar-refractivity contribution in [1.29, 1.82) is 0 Å². The van der Waals surface area contributed by atoms with Crippen LogP contribution in [0.5, 0.6) is 0 Å². The van der Waals surface area contributed by atoms with Gasteiger partial charge in [-0.3, -0.25) is 0 Å². The number of nitrogens with two attached hydrogens (primary N) is 1. The number of methoxy groups -OCH3 is 1. The summed E-state index contributed by atoms with van der Waals surface area (Å²) >= 11 is 0. The molecule has 0 radical (unpaired) electrons. The fourth-order valence-corrected chi connectivity index (χ4v) is 2.06. The third-order valence-corrected chi connectivity index (χ3v) is 2.41. The van der Waals surface area contributed by atoms with Crippen molar-refractivity contribution in [2.75, 3.05) is 13.7 Å². The second-order valence-electron chi connectivity index (χ2n) is 4.11. The van der Waals surface area contributed by atoms with Crippen LogP contribution in [0.2, 0.25) is 0 Å². The highest BCUT2D eigenvalue weighted by atomic mass is 35.5. The molecule has 1 aliphatic rings. The molecule has 1 rings (SSSR count). The van der Waals surface area contributed by atoms with Crippen LogP contribution in [0.3, 0.4) is 0 Å². The number of halogens is 1. The number of hydrogen-bond acceptors (Lipinski definition) is 2. The summed E-state index contributed by atoms with van der Waals surface area (Å²) in [6.07, 6.45) is 2.21. The van der Waals surface area contributed by atoms with E-state index in [-0.39, 0.29) is 18.0 Å². The highest BCUT2D eigenvalue weighted by Gasteiger charge is 2.48. The highest BCUT2D eigenvalue weighted by Crippen LogP contribution is 2.48.